The van der Waals surface area contributed by atoms with Crippen molar-refractivity contribution in [2.75, 3.05) is 19.7 Å². The molecule has 1 aromatic rings. The van der Waals surface area contributed by atoms with Crippen LogP contribution >= 0.6 is 0 Å². The molecule has 0 aromatic heterocycles. The van der Waals surface area contributed by atoms with Gasteiger partial charge in [-0.2, -0.15) is 0 Å². The van der Waals surface area contributed by atoms with Crippen molar-refractivity contribution >= 4 is 23.6 Å². The number of nitrogens with one attached hydrogen (secondary N) is 2. The molecule has 0 bridgehead atoms. The van der Waals surface area contributed by atoms with Gasteiger partial charge in [-0.25, -0.2) is 0 Å². The van der Waals surface area contributed by atoms with Crippen LogP contribution in [0.25, 0.3) is 0 Å². The van der Waals surface area contributed by atoms with E-state index in [4.69, 9.17) is 10.5 Å². The number of nitrogens with zero attached hydrogens (tertiary/aromatic N) is 1. The molecule has 10 heteroatoms. The molecule has 1 aliphatic rings. The third-order valence-electron chi connectivity index (χ3n) is 4.52. The van der Waals surface area contributed by atoms with Crippen molar-refractivity contribution in [2.24, 2.45) is 5.73 Å². The Labute approximate surface area is 168 Å². The van der Waals surface area contributed by atoms with Gasteiger partial charge in [-0.05, 0) is 44.9 Å². The van der Waals surface area contributed by atoms with Crippen molar-refractivity contribution in [2.45, 2.75) is 38.6 Å². The van der Waals surface area contributed by atoms with E-state index in [2.05, 4.69) is 10.6 Å². The number of hydrogen-bond donors (Lipinski definition) is 3. The van der Waals surface area contributed by atoms with Crippen LogP contribution in [0.15, 0.2) is 18.2 Å². The number of ether oxygens (including phenoxy) is 1. The van der Waals surface area contributed by atoms with E-state index >= 15 is 0 Å². The molecule has 1 unspecified atom stereocenters. The summed E-state index contributed by atoms with van der Waals surface area (Å²) < 4.78 is 5.47. The van der Waals surface area contributed by atoms with E-state index in [9.17, 15) is 24.4 Å². The topological polar surface area (TPSA) is 154 Å². The average molecular weight is 405 g/mol. The number of piperidine rings is 1. The van der Waals surface area contributed by atoms with Gasteiger partial charge in [-0.1, -0.05) is 6.07 Å². The van der Waals surface area contributed by atoms with Gasteiger partial charge in [-0.3, -0.25) is 24.5 Å². The Morgan fingerprint density at radius 2 is 2.10 bits per heavy atom. The summed E-state index contributed by atoms with van der Waals surface area (Å²) in [7, 11) is 0. The quantitative estimate of drug-likeness (QED) is 0.296. The van der Waals surface area contributed by atoms with Crippen molar-refractivity contribution in [3.63, 3.8) is 0 Å². The predicted molar refractivity (Wildman–Crippen MR) is 104 cm³/mol. The molecule has 158 valence electrons. The molecule has 10 nitrogen and oxygen atoms in total. The minimum absolute atomic E-state index is 0.00898. The minimum atomic E-state index is -1.26. The van der Waals surface area contributed by atoms with Crippen molar-refractivity contribution in [3.8, 4) is 5.75 Å². The molecule has 29 heavy (non-hydrogen) atoms. The standard InChI is InChI=1S/C19H25N4O6/c1-12-13(19(27)23(28)14-7-8-16(24)22-18(14)26)5-4-6-15(12)29-11-17(25)21-10-3-2-9-20/h4-6,14H,2-3,7-11,20H2,1H3,(H,21,25)(H,22,24,26)/q-1. The summed E-state index contributed by atoms with van der Waals surface area (Å²) in [6.45, 7) is 2.39. The molecule has 1 aliphatic heterocycles. The summed E-state index contributed by atoms with van der Waals surface area (Å²) in [5.41, 5.74) is 5.83. The first-order chi connectivity index (χ1) is 13.8. The summed E-state index contributed by atoms with van der Waals surface area (Å²) in [4.78, 5) is 47.5. The van der Waals surface area contributed by atoms with Gasteiger partial charge in [0.15, 0.2) is 6.61 Å². The van der Waals surface area contributed by atoms with Gasteiger partial charge in [0.25, 0.3) is 5.91 Å². The number of carbonyl (C=O) groups is 4. The SMILES string of the molecule is Cc1c(OCC(=O)NCCCCN)cccc1C(=O)N([O-])C1CCC(=O)NC1=O. The second-order valence-corrected chi connectivity index (χ2v) is 6.66. The molecule has 1 aromatic carbocycles. The summed E-state index contributed by atoms with van der Waals surface area (Å²) in [5.74, 6) is -2.20. The van der Waals surface area contributed by atoms with Crippen LogP contribution in [-0.4, -0.2) is 54.4 Å². The molecule has 0 aliphatic carbocycles. The molecule has 0 radical (unpaired) electrons. The van der Waals surface area contributed by atoms with Gasteiger partial charge in [0.1, 0.15) is 11.8 Å². The van der Waals surface area contributed by atoms with Crippen LogP contribution < -0.4 is 21.1 Å². The number of rotatable bonds is 9. The van der Waals surface area contributed by atoms with Crippen LogP contribution in [0.3, 0.4) is 0 Å². The fourth-order valence-electron chi connectivity index (χ4n) is 2.86. The first kappa shape index (κ1) is 22.3. The number of imide groups is 1. The smallest absolute Gasteiger partial charge is 0.257 e. The number of hydrogen-bond acceptors (Lipinski definition) is 7. The van der Waals surface area contributed by atoms with Gasteiger partial charge in [0, 0.05) is 24.1 Å². The first-order valence-corrected chi connectivity index (χ1v) is 9.38. The largest absolute Gasteiger partial charge is 0.755 e. The van der Waals surface area contributed by atoms with E-state index in [-0.39, 0.29) is 41.7 Å². The normalized spacial score (nSPS) is 16.2. The van der Waals surface area contributed by atoms with Crippen molar-refractivity contribution in [1.82, 2.24) is 15.7 Å². The van der Waals surface area contributed by atoms with Gasteiger partial charge >= 0.3 is 0 Å². The summed E-state index contributed by atoms with van der Waals surface area (Å²) in [5, 5.41) is 17.2. The molecule has 4 N–H and O–H groups in total. The van der Waals surface area contributed by atoms with Crippen molar-refractivity contribution in [3.05, 3.63) is 34.5 Å². The zero-order valence-electron chi connectivity index (χ0n) is 16.2. The average Bonchev–Trinajstić information content (AvgIpc) is 2.69. The summed E-state index contributed by atoms with van der Waals surface area (Å²) in [6.07, 6.45) is 1.54. The second kappa shape index (κ2) is 10.5. The summed E-state index contributed by atoms with van der Waals surface area (Å²) >= 11 is 0. The van der Waals surface area contributed by atoms with Crippen LogP contribution in [0.2, 0.25) is 0 Å². The lowest BCUT2D eigenvalue weighted by Gasteiger charge is -2.37. The Hall–Kier alpha value is -2.98. The van der Waals surface area contributed by atoms with Crippen LogP contribution in [0.1, 0.15) is 41.6 Å². The van der Waals surface area contributed by atoms with Crippen molar-refractivity contribution in [1.29, 1.82) is 0 Å². The zero-order valence-corrected chi connectivity index (χ0v) is 16.2. The highest BCUT2D eigenvalue weighted by Gasteiger charge is 2.30. The summed E-state index contributed by atoms with van der Waals surface area (Å²) in [6, 6.07) is 3.28. The van der Waals surface area contributed by atoms with E-state index in [0.717, 1.165) is 12.8 Å². The lowest BCUT2D eigenvalue weighted by Crippen LogP contribution is -2.52. The monoisotopic (exact) mass is 405 g/mol. The third-order valence-corrected chi connectivity index (χ3v) is 4.52. The number of amides is 4. The maximum absolute atomic E-state index is 12.6. The fourth-order valence-corrected chi connectivity index (χ4v) is 2.86. The van der Waals surface area contributed by atoms with Gasteiger partial charge in [-0.15, -0.1) is 0 Å². The second-order valence-electron chi connectivity index (χ2n) is 6.66. The van der Waals surface area contributed by atoms with Crippen LogP contribution in [-0.2, 0) is 14.4 Å². The predicted octanol–water partition coefficient (Wildman–Crippen LogP) is -0.0259. The number of carbonyl (C=O) groups excluding carboxylic acids is 4. The molecule has 1 fully saturated rings. The molecular formula is C19H25N4O6-. The minimum Gasteiger partial charge on any atom is -0.755 e. The first-order valence-electron chi connectivity index (χ1n) is 9.38. The maximum atomic E-state index is 12.6. The Kier molecular flexibility index (Phi) is 8.10. The van der Waals surface area contributed by atoms with Crippen molar-refractivity contribution < 1.29 is 23.9 Å². The van der Waals surface area contributed by atoms with Crippen LogP contribution in [0.4, 0.5) is 0 Å². The molecule has 1 atom stereocenters. The van der Waals surface area contributed by atoms with Crippen LogP contribution in [0.5, 0.6) is 5.75 Å². The van der Waals surface area contributed by atoms with Crippen LogP contribution in [0, 0.1) is 12.1 Å². The molecule has 1 heterocycles. The highest BCUT2D eigenvalue weighted by Crippen LogP contribution is 2.24. The van der Waals surface area contributed by atoms with Gasteiger partial charge in [0.05, 0.1) is 0 Å². The van der Waals surface area contributed by atoms with E-state index in [0.29, 0.717) is 18.7 Å². The Balaban J connectivity index is 2.00. The Bertz CT molecular complexity index is 782. The fraction of sp³-hybridized carbons (Fsp3) is 0.474. The lowest BCUT2D eigenvalue weighted by molar-refractivity contribution is -0.136. The molecule has 1 saturated heterocycles. The molecule has 0 saturated carbocycles. The Morgan fingerprint density at radius 3 is 2.79 bits per heavy atom. The number of unbranched alkanes of at least 4 members (excludes halogenated alkanes) is 1. The number of benzene rings is 1. The number of nitrogens with two attached hydrogens (primary N) is 1. The van der Waals surface area contributed by atoms with E-state index < -0.39 is 23.8 Å². The van der Waals surface area contributed by atoms with Gasteiger partial charge in [0.2, 0.25) is 17.7 Å². The number of hydroxylamine groups is 2. The highest BCUT2D eigenvalue weighted by atomic mass is 16.5. The van der Waals surface area contributed by atoms with Gasteiger partial charge < -0.3 is 26.1 Å². The third kappa shape index (κ3) is 6.00. The van der Waals surface area contributed by atoms with E-state index in [1.807, 2.05) is 0 Å². The Morgan fingerprint density at radius 1 is 1.34 bits per heavy atom. The van der Waals surface area contributed by atoms with E-state index in [1.165, 1.54) is 12.1 Å². The van der Waals surface area contributed by atoms with E-state index in [1.54, 1.807) is 13.0 Å². The molecular weight excluding hydrogens is 380 g/mol. The highest BCUT2D eigenvalue weighted by molar-refractivity contribution is 6.04. The molecule has 0 spiro atoms. The maximum Gasteiger partial charge on any atom is 0.257 e. The zero-order chi connectivity index (χ0) is 21.4. The molecule has 2 rings (SSSR count). The molecule has 4 amide bonds. The lowest BCUT2D eigenvalue weighted by atomic mass is 10.0.